The van der Waals surface area contributed by atoms with Crippen LogP contribution in [0.25, 0.3) is 0 Å². The van der Waals surface area contributed by atoms with Crippen LogP contribution < -0.4 is 16.1 Å². The number of rotatable bonds is 5. The van der Waals surface area contributed by atoms with Crippen LogP contribution >= 0.6 is 22.6 Å². The van der Waals surface area contributed by atoms with Gasteiger partial charge in [-0.05, 0) is 131 Å². The van der Waals surface area contributed by atoms with Gasteiger partial charge in [-0.3, -0.25) is 9.59 Å². The number of halogens is 3. The molecule has 0 unspecified atom stereocenters. The van der Waals surface area contributed by atoms with Crippen LogP contribution in [0.5, 0.6) is 0 Å². The SMILES string of the molecule is Cc1c(F)cc(C(=O)NC2CC2)cc1B1OC(C)(C)C(C)(C)O1.Cc1c(F)cc(C(=O)NC2CC2)cc1I. The van der Waals surface area contributed by atoms with Gasteiger partial charge in [-0.1, -0.05) is 0 Å². The minimum atomic E-state index is -0.678. The zero-order chi connectivity index (χ0) is 28.0. The lowest BCUT2D eigenvalue weighted by Gasteiger charge is -2.32. The van der Waals surface area contributed by atoms with Crippen molar-refractivity contribution in [3.63, 3.8) is 0 Å². The topological polar surface area (TPSA) is 76.7 Å². The van der Waals surface area contributed by atoms with Gasteiger partial charge in [0.05, 0.1) is 11.2 Å². The average Bonchev–Trinajstić information content (AvgIpc) is 3.75. The molecule has 0 spiro atoms. The second-order valence-electron chi connectivity index (χ2n) is 11.3. The van der Waals surface area contributed by atoms with Crippen LogP contribution in [0.2, 0.25) is 0 Å². The van der Waals surface area contributed by atoms with E-state index in [1.165, 1.54) is 12.1 Å². The van der Waals surface area contributed by atoms with E-state index in [0.717, 1.165) is 29.3 Å². The van der Waals surface area contributed by atoms with Gasteiger partial charge in [0.2, 0.25) is 0 Å². The molecule has 2 saturated carbocycles. The van der Waals surface area contributed by atoms with Gasteiger partial charge in [-0.15, -0.1) is 0 Å². The summed E-state index contributed by atoms with van der Waals surface area (Å²) in [6.45, 7) is 11.2. The smallest absolute Gasteiger partial charge is 0.399 e. The fourth-order valence-electron chi connectivity index (χ4n) is 3.82. The van der Waals surface area contributed by atoms with E-state index < -0.39 is 24.1 Å². The van der Waals surface area contributed by atoms with Gasteiger partial charge in [0.1, 0.15) is 11.6 Å². The number of hydrogen-bond acceptors (Lipinski definition) is 4. The third-order valence-corrected chi connectivity index (χ3v) is 8.64. The third kappa shape index (κ3) is 6.56. The molecule has 38 heavy (non-hydrogen) atoms. The van der Waals surface area contributed by atoms with E-state index in [9.17, 15) is 18.4 Å². The Morgan fingerprint density at radius 3 is 1.66 bits per heavy atom. The van der Waals surface area contributed by atoms with E-state index in [1.807, 2.05) is 50.3 Å². The summed E-state index contributed by atoms with van der Waals surface area (Å²) < 4.78 is 40.4. The summed E-state index contributed by atoms with van der Waals surface area (Å²) in [5, 5.41) is 5.72. The second-order valence-corrected chi connectivity index (χ2v) is 12.5. The molecule has 2 N–H and O–H groups in total. The zero-order valence-electron chi connectivity index (χ0n) is 22.6. The highest BCUT2D eigenvalue weighted by molar-refractivity contribution is 14.1. The number of hydrogen-bond donors (Lipinski definition) is 2. The molecule has 0 bridgehead atoms. The molecule has 1 heterocycles. The Hall–Kier alpha value is -2.05. The maximum absolute atomic E-state index is 14.3. The molecule has 1 saturated heterocycles. The van der Waals surface area contributed by atoms with Gasteiger partial charge < -0.3 is 19.9 Å². The van der Waals surface area contributed by atoms with E-state index in [4.69, 9.17) is 9.31 Å². The van der Waals surface area contributed by atoms with Gasteiger partial charge in [0.15, 0.2) is 0 Å². The lowest BCUT2D eigenvalue weighted by molar-refractivity contribution is 0.00578. The van der Waals surface area contributed by atoms with E-state index in [1.54, 1.807) is 26.0 Å². The fraction of sp³-hybridized carbons (Fsp3) is 0.500. The molecule has 204 valence electrons. The standard InChI is InChI=1S/C17H23BFNO3.C11H11FINO/c1-10-13(18-22-16(2,3)17(4,5)23-18)8-11(9-14(10)19)15(21)20-12-6-7-12;1-6-9(12)4-7(5-10(6)13)11(15)14-8-2-3-8/h8-9,12H,6-7H2,1-5H3,(H,20,21);4-5,8H,2-3H2,1H3,(H,14,15). The molecule has 2 amide bonds. The van der Waals surface area contributed by atoms with E-state index in [-0.39, 0.29) is 23.7 Å². The average molecular weight is 638 g/mol. The highest BCUT2D eigenvalue weighted by atomic mass is 127. The zero-order valence-corrected chi connectivity index (χ0v) is 24.8. The minimum absolute atomic E-state index is 0.172. The van der Waals surface area contributed by atoms with Crippen molar-refractivity contribution in [1.29, 1.82) is 0 Å². The van der Waals surface area contributed by atoms with Crippen molar-refractivity contribution in [3.8, 4) is 0 Å². The molecule has 1 aliphatic heterocycles. The van der Waals surface area contributed by atoms with Crippen molar-refractivity contribution in [2.45, 2.75) is 90.5 Å². The Morgan fingerprint density at radius 1 is 0.816 bits per heavy atom. The summed E-state index contributed by atoms with van der Waals surface area (Å²) in [4.78, 5) is 23.9. The van der Waals surface area contributed by atoms with Crippen LogP contribution in [0.15, 0.2) is 24.3 Å². The molecular weight excluding hydrogens is 604 g/mol. The predicted molar refractivity (Wildman–Crippen MR) is 152 cm³/mol. The van der Waals surface area contributed by atoms with Crippen LogP contribution in [-0.2, 0) is 9.31 Å². The molecule has 2 aromatic rings. The summed E-state index contributed by atoms with van der Waals surface area (Å²) in [6, 6.07) is 6.51. The Balaban J connectivity index is 0.000000194. The predicted octanol–water partition coefficient (Wildman–Crippen LogP) is 4.96. The number of carbonyl (C=O) groups is 2. The summed E-state index contributed by atoms with van der Waals surface area (Å²) in [5.74, 6) is -1.15. The number of carbonyl (C=O) groups excluding carboxylic acids is 2. The van der Waals surface area contributed by atoms with Gasteiger partial charge in [0.25, 0.3) is 11.8 Å². The number of nitrogens with one attached hydrogen (secondary N) is 2. The molecule has 2 aliphatic carbocycles. The van der Waals surface area contributed by atoms with Crippen LogP contribution in [0.4, 0.5) is 8.78 Å². The highest BCUT2D eigenvalue weighted by Crippen LogP contribution is 2.37. The first kappa shape index (κ1) is 29.0. The molecule has 5 rings (SSSR count). The van der Waals surface area contributed by atoms with Gasteiger partial charge >= 0.3 is 7.12 Å². The highest BCUT2D eigenvalue weighted by Gasteiger charge is 2.52. The Labute approximate surface area is 236 Å². The van der Waals surface area contributed by atoms with Crippen molar-refractivity contribution < 1.29 is 27.7 Å². The van der Waals surface area contributed by atoms with Crippen LogP contribution in [0.3, 0.4) is 0 Å². The van der Waals surface area contributed by atoms with Gasteiger partial charge in [0, 0.05) is 26.8 Å². The molecule has 10 heteroatoms. The van der Waals surface area contributed by atoms with Crippen molar-refractivity contribution in [2.75, 3.05) is 0 Å². The lowest BCUT2D eigenvalue weighted by atomic mass is 9.75. The Bertz CT molecular complexity index is 1220. The normalized spacial score (nSPS) is 19.4. The Kier molecular flexibility index (Phi) is 8.26. The minimum Gasteiger partial charge on any atom is -0.399 e. The summed E-state index contributed by atoms with van der Waals surface area (Å²) >= 11 is 2.04. The number of amides is 2. The quantitative estimate of drug-likeness (QED) is 0.359. The van der Waals surface area contributed by atoms with Crippen LogP contribution in [0, 0.1) is 29.1 Å². The summed E-state index contributed by atoms with van der Waals surface area (Å²) in [7, 11) is -0.678. The van der Waals surface area contributed by atoms with Gasteiger partial charge in [-0.2, -0.15) is 0 Å². The summed E-state index contributed by atoms with van der Waals surface area (Å²) in [5.41, 5.74) is 1.33. The molecule has 6 nitrogen and oxygen atoms in total. The molecule has 3 fully saturated rings. The molecule has 2 aromatic carbocycles. The van der Waals surface area contributed by atoms with E-state index >= 15 is 0 Å². The lowest BCUT2D eigenvalue weighted by Crippen LogP contribution is -2.41. The van der Waals surface area contributed by atoms with Crippen LogP contribution in [0.1, 0.15) is 85.2 Å². The van der Waals surface area contributed by atoms with Crippen molar-refractivity contribution in [3.05, 3.63) is 61.7 Å². The summed E-state index contributed by atoms with van der Waals surface area (Å²) in [6.07, 6.45) is 4.06. The first-order chi connectivity index (χ1) is 17.7. The van der Waals surface area contributed by atoms with Crippen molar-refractivity contribution in [2.24, 2.45) is 0 Å². The third-order valence-electron chi connectivity index (χ3n) is 7.52. The van der Waals surface area contributed by atoms with Gasteiger partial charge in [-0.25, -0.2) is 8.78 Å². The molecular formula is C28H34BF2IN2O4. The number of benzene rings is 2. The first-order valence-electron chi connectivity index (χ1n) is 12.9. The van der Waals surface area contributed by atoms with E-state index in [2.05, 4.69) is 10.6 Å². The maximum Gasteiger partial charge on any atom is 0.495 e. The first-order valence-corrected chi connectivity index (χ1v) is 14.0. The van der Waals surface area contributed by atoms with Crippen LogP contribution in [-0.4, -0.2) is 42.2 Å². The molecule has 0 aromatic heterocycles. The van der Waals surface area contributed by atoms with Crippen molar-refractivity contribution >= 4 is 47.0 Å². The fourth-order valence-corrected chi connectivity index (χ4v) is 4.41. The molecule has 0 radical (unpaired) electrons. The van der Waals surface area contributed by atoms with Crippen molar-refractivity contribution in [1.82, 2.24) is 10.6 Å². The Morgan fingerprint density at radius 2 is 1.24 bits per heavy atom. The second kappa shape index (κ2) is 10.8. The monoisotopic (exact) mass is 638 g/mol. The molecule has 3 aliphatic rings. The molecule has 0 atom stereocenters. The maximum atomic E-state index is 14.3. The van der Waals surface area contributed by atoms with E-state index in [0.29, 0.717) is 33.8 Å². The largest absolute Gasteiger partial charge is 0.495 e.